The Hall–Kier alpha value is 0.113. The molecule has 0 aromatic carbocycles. The summed E-state index contributed by atoms with van der Waals surface area (Å²) in [5, 5.41) is 0. The maximum Gasteiger partial charge on any atom is -0.153 e. The van der Waals surface area contributed by atoms with Crippen molar-refractivity contribution >= 4 is 44.3 Å². The van der Waals surface area contributed by atoms with Crippen LogP contribution in [0.4, 0.5) is 13.6 Å². The van der Waals surface area contributed by atoms with Crippen molar-refractivity contribution in [2.24, 2.45) is 0 Å². The van der Waals surface area contributed by atoms with Crippen LogP contribution in [-0.4, -0.2) is 52.5 Å². The van der Waals surface area contributed by atoms with Crippen LogP contribution in [0.25, 0.3) is 0 Å². The average Bonchev–Trinajstić information content (AvgIpc) is 2.28. The molecule has 1 saturated heterocycles. The zero-order chi connectivity index (χ0) is 10.9. The maximum atomic E-state index is 13.1. The minimum absolute atomic E-state index is 0. The zero-order valence-electron chi connectivity index (χ0n) is 7.91. The van der Waals surface area contributed by atoms with Gasteiger partial charge >= 0.3 is 93.7 Å². The van der Waals surface area contributed by atoms with Crippen LogP contribution < -0.4 is 0 Å². The van der Waals surface area contributed by atoms with Crippen molar-refractivity contribution in [1.29, 1.82) is 0 Å². The van der Waals surface area contributed by atoms with Crippen LogP contribution in [0, 0.1) is 0 Å². The van der Waals surface area contributed by atoms with Crippen LogP contribution in [0.1, 0.15) is 13.3 Å². The molecule has 0 saturated carbocycles. The zero-order valence-corrected chi connectivity index (χ0v) is 12.8. The molecule has 0 aromatic rings. The van der Waals surface area contributed by atoms with Gasteiger partial charge in [0.25, 0.3) is 0 Å². The molecule has 1 rings (SSSR count). The molecule has 2 unspecified atom stereocenters. The van der Waals surface area contributed by atoms with Gasteiger partial charge in [0.15, 0.2) is 0 Å². The molecule has 8 heteroatoms. The number of rotatable bonds is 2. The number of hydrogen-bond acceptors (Lipinski definition) is 4. The van der Waals surface area contributed by atoms with Crippen LogP contribution in [0.3, 0.4) is 0 Å². The molecule has 0 N–H and O–H groups in total. The molecule has 0 bridgehead atoms. The van der Waals surface area contributed by atoms with Crippen molar-refractivity contribution in [3.05, 3.63) is 0 Å². The van der Waals surface area contributed by atoms with E-state index in [-0.39, 0.29) is 41.0 Å². The molecule has 0 aromatic heterocycles. The second-order valence-electron chi connectivity index (χ2n) is 2.78. The van der Waals surface area contributed by atoms with E-state index in [1.54, 1.807) is 6.92 Å². The number of halogens is 2. The van der Waals surface area contributed by atoms with Gasteiger partial charge in [-0.15, -0.1) is 0 Å². The number of carbonyl (C=O) groups excluding carboxylic acids is 2. The summed E-state index contributed by atoms with van der Waals surface area (Å²) < 4.78 is 34.2. The number of alkyl halides is 2. The second-order valence-corrected chi connectivity index (χ2v) is 4.20. The Morgan fingerprint density at radius 1 is 1.67 bits per heavy atom. The molecule has 15 heavy (non-hydrogen) atoms. The summed E-state index contributed by atoms with van der Waals surface area (Å²) in [7, 11) is 0. The number of hydrogen-bond donors (Lipinski definition) is 0. The summed E-state index contributed by atoms with van der Waals surface area (Å²) in [6.07, 6.45) is -2.61. The van der Waals surface area contributed by atoms with Gasteiger partial charge in [-0.25, -0.2) is 0 Å². The molecule has 86 valence electrons. The van der Waals surface area contributed by atoms with Crippen LogP contribution in [0.2, 0.25) is 0 Å². The summed E-state index contributed by atoms with van der Waals surface area (Å²) in [5.41, 5.74) is 0. The molecule has 0 spiro atoms. The topological polar surface area (TPSA) is 52.6 Å². The van der Waals surface area contributed by atoms with E-state index >= 15 is 0 Å². The van der Waals surface area contributed by atoms with Crippen molar-refractivity contribution in [3.8, 4) is 0 Å². The third-order valence-electron chi connectivity index (χ3n) is 1.86. The molecule has 1 fully saturated rings. The summed E-state index contributed by atoms with van der Waals surface area (Å²) in [6.45, 7) is 1.57. The predicted octanol–water partition coefficient (Wildman–Crippen LogP) is 0.689. The molecule has 4 nitrogen and oxygen atoms in total. The minimum Gasteiger partial charge on any atom is -0.153 e. The Bertz CT molecular complexity index is 274. The molecule has 1 aliphatic heterocycles. The normalized spacial score (nSPS) is 27.9. The van der Waals surface area contributed by atoms with Gasteiger partial charge in [-0.1, -0.05) is 0 Å². The Labute approximate surface area is 104 Å². The first-order valence-corrected chi connectivity index (χ1v) is 5.62. The van der Waals surface area contributed by atoms with E-state index in [2.05, 4.69) is 9.47 Å². The largest absolute Gasteiger partial charge is 0.153 e. The van der Waals surface area contributed by atoms with Crippen molar-refractivity contribution in [3.63, 3.8) is 0 Å². The van der Waals surface area contributed by atoms with Gasteiger partial charge in [-0.2, -0.15) is 9.90 Å². The third-order valence-corrected chi connectivity index (χ3v) is 2.27. The first-order valence-electron chi connectivity index (χ1n) is 3.88. The SMILES string of the molecule is CC[C@H]1OC(=O)C(F)(F)C1O[C](=O)[Bi].P. The Kier molecular flexibility index (Phi) is 5.49. The van der Waals surface area contributed by atoms with Gasteiger partial charge in [0.05, 0.1) is 0 Å². The molecular weight excluding hydrogens is 426 g/mol. The van der Waals surface area contributed by atoms with E-state index in [1.165, 1.54) is 0 Å². The Balaban J connectivity index is 0.00000196. The van der Waals surface area contributed by atoms with Gasteiger partial charge in [0.1, 0.15) is 0 Å². The summed E-state index contributed by atoms with van der Waals surface area (Å²) in [6, 6.07) is 0. The minimum atomic E-state index is -3.71. The van der Waals surface area contributed by atoms with Gasteiger partial charge in [-0.3, -0.25) is 0 Å². The molecule has 2 radical (unpaired) electrons. The van der Waals surface area contributed by atoms with Crippen LogP contribution in [0.5, 0.6) is 0 Å². The fourth-order valence-electron chi connectivity index (χ4n) is 1.18. The number of ether oxygens (including phenoxy) is 2. The quantitative estimate of drug-likeness (QED) is 0.364. The van der Waals surface area contributed by atoms with Crippen molar-refractivity contribution in [2.45, 2.75) is 31.5 Å². The fourth-order valence-corrected chi connectivity index (χ4v) is 1.62. The van der Waals surface area contributed by atoms with Gasteiger partial charge < -0.3 is 0 Å². The van der Waals surface area contributed by atoms with E-state index in [0.717, 1.165) is 0 Å². The second kappa shape index (κ2) is 5.44. The monoisotopic (exact) mass is 436 g/mol. The summed E-state index contributed by atoms with van der Waals surface area (Å²) in [5.74, 6) is -5.33. The van der Waals surface area contributed by atoms with Crippen molar-refractivity contribution < 1.29 is 27.8 Å². The van der Waals surface area contributed by atoms with Gasteiger partial charge in [0.2, 0.25) is 0 Å². The molecule has 3 atom stereocenters. The van der Waals surface area contributed by atoms with E-state index < -0.39 is 27.8 Å². The standard InChI is InChI=1S/C7H7F2O4.Bi.H3P/c1-2-4-5(12-3-10)7(8,9)6(11)13-4;;/h4-5H,2H2,1H3;;1H3/t4-,5?;;/m1../s1. The fraction of sp³-hybridized carbons (Fsp3) is 0.714. The Morgan fingerprint density at radius 2 is 2.20 bits per heavy atom. The number of cyclic esters (lactones) is 1. The van der Waals surface area contributed by atoms with Gasteiger partial charge in [0, 0.05) is 0 Å². The Morgan fingerprint density at radius 3 is 2.60 bits per heavy atom. The van der Waals surface area contributed by atoms with Crippen LogP contribution in [0.15, 0.2) is 0 Å². The van der Waals surface area contributed by atoms with E-state index in [9.17, 15) is 18.4 Å². The molecule has 0 aliphatic carbocycles. The first kappa shape index (κ1) is 15.1. The number of carbonyl (C=O) groups is 2. The van der Waals surface area contributed by atoms with Crippen LogP contribution >= 0.6 is 9.90 Å². The number of esters is 1. The van der Waals surface area contributed by atoms with Gasteiger partial charge in [-0.05, 0) is 0 Å². The van der Waals surface area contributed by atoms with Crippen molar-refractivity contribution in [2.75, 3.05) is 0 Å². The summed E-state index contributed by atoms with van der Waals surface area (Å²) >= 11 is 0.208. The van der Waals surface area contributed by atoms with E-state index in [1.807, 2.05) is 0 Å². The van der Waals surface area contributed by atoms with Crippen molar-refractivity contribution in [1.82, 2.24) is 0 Å². The van der Waals surface area contributed by atoms with Crippen LogP contribution in [-0.2, 0) is 14.3 Å². The molecule has 1 heterocycles. The van der Waals surface area contributed by atoms with E-state index in [0.29, 0.717) is 0 Å². The molecule has 1 aliphatic rings. The third kappa shape index (κ3) is 3.04. The van der Waals surface area contributed by atoms with E-state index in [4.69, 9.17) is 0 Å². The molecular formula is C7H10BiF2O4P. The predicted molar refractivity (Wildman–Crippen MR) is 52.2 cm³/mol. The smallest absolute Gasteiger partial charge is 0.153 e. The average molecular weight is 436 g/mol. The summed E-state index contributed by atoms with van der Waals surface area (Å²) in [4.78, 5) is 21.3. The molecule has 0 amide bonds. The first-order chi connectivity index (χ1) is 6.39. The maximum absolute atomic E-state index is 13.1.